The lowest BCUT2D eigenvalue weighted by Gasteiger charge is -2.25. The summed E-state index contributed by atoms with van der Waals surface area (Å²) in [4.78, 5) is 4.47. The molecule has 1 aromatic carbocycles. The minimum atomic E-state index is 0.550. The molecule has 1 fully saturated rings. The summed E-state index contributed by atoms with van der Waals surface area (Å²) in [6, 6.07) is 9.36. The number of fused-ring (bicyclic) bond motifs is 1. The molecule has 1 atom stereocenters. The first-order valence-electron chi connectivity index (χ1n) is 8.01. The van der Waals surface area contributed by atoms with Crippen molar-refractivity contribution in [1.29, 1.82) is 0 Å². The molecule has 4 heteroatoms. The Morgan fingerprint density at radius 2 is 2.00 bits per heavy atom. The van der Waals surface area contributed by atoms with Crippen molar-refractivity contribution >= 4 is 0 Å². The fourth-order valence-corrected chi connectivity index (χ4v) is 3.13. The van der Waals surface area contributed by atoms with Gasteiger partial charge in [0.15, 0.2) is 5.82 Å². The first-order valence-corrected chi connectivity index (χ1v) is 8.01. The molecule has 2 aliphatic carbocycles. The Bertz CT molecular complexity index is 618. The third kappa shape index (κ3) is 3.00. The molecule has 21 heavy (non-hydrogen) atoms. The van der Waals surface area contributed by atoms with Gasteiger partial charge >= 0.3 is 0 Å². The first-order chi connectivity index (χ1) is 10.4. The smallest absolute Gasteiger partial charge is 0.229 e. The van der Waals surface area contributed by atoms with E-state index in [1.165, 1.54) is 36.8 Å². The molecule has 0 bridgehead atoms. The monoisotopic (exact) mass is 283 g/mol. The molecule has 0 aliphatic heterocycles. The van der Waals surface area contributed by atoms with Crippen molar-refractivity contribution in [3.05, 3.63) is 47.1 Å². The van der Waals surface area contributed by atoms with Gasteiger partial charge in [-0.3, -0.25) is 0 Å². The topological polar surface area (TPSA) is 51.0 Å². The van der Waals surface area contributed by atoms with Gasteiger partial charge in [-0.25, -0.2) is 0 Å². The maximum Gasteiger partial charge on any atom is 0.229 e. The zero-order valence-electron chi connectivity index (χ0n) is 12.2. The van der Waals surface area contributed by atoms with Crippen molar-refractivity contribution in [1.82, 2.24) is 15.5 Å². The van der Waals surface area contributed by atoms with Crippen molar-refractivity contribution in [2.45, 2.75) is 50.5 Å². The molecule has 4 rings (SSSR count). The lowest BCUT2D eigenvalue weighted by molar-refractivity contribution is 0.372. The van der Waals surface area contributed by atoms with Gasteiger partial charge in [-0.15, -0.1) is 0 Å². The number of aryl methyl sites for hydroxylation is 1. The molecule has 0 unspecified atom stereocenters. The van der Waals surface area contributed by atoms with Gasteiger partial charge in [0.2, 0.25) is 5.89 Å². The van der Waals surface area contributed by atoms with Crippen molar-refractivity contribution in [2.24, 2.45) is 0 Å². The number of hydrogen-bond acceptors (Lipinski definition) is 4. The predicted octanol–water partition coefficient (Wildman–Crippen LogP) is 2.64. The number of benzene rings is 1. The molecule has 1 aromatic heterocycles. The highest BCUT2D eigenvalue weighted by Crippen LogP contribution is 2.38. The van der Waals surface area contributed by atoms with E-state index in [0.29, 0.717) is 12.0 Å². The van der Waals surface area contributed by atoms with Crippen LogP contribution in [0.5, 0.6) is 0 Å². The van der Waals surface area contributed by atoms with Crippen LogP contribution in [0.15, 0.2) is 28.8 Å². The first kappa shape index (κ1) is 13.0. The Kier molecular flexibility index (Phi) is 3.47. The van der Waals surface area contributed by atoms with Crippen LogP contribution in [-0.4, -0.2) is 22.7 Å². The molecular weight excluding hydrogens is 262 g/mol. The van der Waals surface area contributed by atoms with Crippen LogP contribution < -0.4 is 5.32 Å². The highest BCUT2D eigenvalue weighted by atomic mass is 16.5. The molecule has 1 heterocycles. The van der Waals surface area contributed by atoms with Gasteiger partial charge in [0.1, 0.15) is 0 Å². The van der Waals surface area contributed by atoms with Crippen LogP contribution in [0, 0.1) is 0 Å². The van der Waals surface area contributed by atoms with E-state index < -0.39 is 0 Å². The molecule has 110 valence electrons. The summed E-state index contributed by atoms with van der Waals surface area (Å²) in [5, 5.41) is 7.71. The van der Waals surface area contributed by atoms with E-state index in [4.69, 9.17) is 4.52 Å². The van der Waals surface area contributed by atoms with Crippen LogP contribution in [0.3, 0.4) is 0 Å². The second kappa shape index (κ2) is 5.60. The van der Waals surface area contributed by atoms with Crippen LogP contribution in [0.2, 0.25) is 0 Å². The Morgan fingerprint density at radius 1 is 1.14 bits per heavy atom. The number of nitrogens with one attached hydrogen (secondary N) is 1. The van der Waals surface area contributed by atoms with E-state index in [0.717, 1.165) is 31.1 Å². The number of rotatable bonds is 5. The molecule has 2 aromatic rings. The summed E-state index contributed by atoms with van der Waals surface area (Å²) in [6.07, 6.45) is 6.81. The zero-order chi connectivity index (χ0) is 14.1. The second-order valence-electron chi connectivity index (χ2n) is 6.24. The number of aromatic nitrogens is 2. The maximum atomic E-state index is 5.29. The fraction of sp³-hybridized carbons (Fsp3) is 0.529. The molecule has 4 nitrogen and oxygen atoms in total. The van der Waals surface area contributed by atoms with Gasteiger partial charge in [-0.2, -0.15) is 4.98 Å². The Balaban J connectivity index is 1.27. The SMILES string of the molecule is c1ccc2c(c1)CC[C@H](NCCc1noc(C3CC3)n1)C2. The van der Waals surface area contributed by atoms with E-state index in [1.54, 1.807) is 0 Å². The minimum Gasteiger partial charge on any atom is -0.339 e. The molecule has 0 saturated heterocycles. The summed E-state index contributed by atoms with van der Waals surface area (Å²) in [6.45, 7) is 0.927. The summed E-state index contributed by atoms with van der Waals surface area (Å²) >= 11 is 0. The van der Waals surface area contributed by atoms with Gasteiger partial charge in [0.05, 0.1) is 0 Å². The van der Waals surface area contributed by atoms with Crippen molar-refractivity contribution < 1.29 is 4.52 Å². The normalized spacial score (nSPS) is 21.2. The van der Waals surface area contributed by atoms with Crippen LogP contribution >= 0.6 is 0 Å². The Hall–Kier alpha value is -1.68. The summed E-state index contributed by atoms with van der Waals surface area (Å²) in [5.41, 5.74) is 3.01. The van der Waals surface area contributed by atoms with Crippen molar-refractivity contribution in [3.63, 3.8) is 0 Å². The molecule has 1 N–H and O–H groups in total. The Morgan fingerprint density at radius 3 is 2.86 bits per heavy atom. The van der Waals surface area contributed by atoms with Gasteiger partial charge in [0, 0.05) is 24.9 Å². The standard InChI is InChI=1S/C17H21N3O/c1-2-4-14-11-15(8-7-12(14)3-1)18-10-9-16-19-17(21-20-16)13-5-6-13/h1-4,13,15,18H,5-11H2/t15-/m0/s1. The van der Waals surface area contributed by atoms with Gasteiger partial charge in [-0.1, -0.05) is 29.4 Å². The van der Waals surface area contributed by atoms with Crippen molar-refractivity contribution in [3.8, 4) is 0 Å². The van der Waals surface area contributed by atoms with Crippen LogP contribution in [-0.2, 0) is 19.3 Å². The largest absolute Gasteiger partial charge is 0.339 e. The van der Waals surface area contributed by atoms with Gasteiger partial charge < -0.3 is 9.84 Å². The van der Waals surface area contributed by atoms with E-state index in [9.17, 15) is 0 Å². The van der Waals surface area contributed by atoms with Gasteiger partial charge in [-0.05, 0) is 43.2 Å². The molecule has 0 spiro atoms. The predicted molar refractivity (Wildman–Crippen MR) is 80.2 cm³/mol. The van der Waals surface area contributed by atoms with Gasteiger partial charge in [0.25, 0.3) is 0 Å². The van der Waals surface area contributed by atoms with Crippen LogP contribution in [0.4, 0.5) is 0 Å². The average molecular weight is 283 g/mol. The fourth-order valence-electron chi connectivity index (χ4n) is 3.13. The summed E-state index contributed by atoms with van der Waals surface area (Å²) in [5.74, 6) is 2.24. The summed E-state index contributed by atoms with van der Waals surface area (Å²) < 4.78 is 5.29. The Labute approximate surface area is 124 Å². The van der Waals surface area contributed by atoms with E-state index in [2.05, 4.69) is 39.7 Å². The lowest BCUT2D eigenvalue weighted by atomic mass is 9.88. The molecular formula is C17H21N3O. The average Bonchev–Trinajstić information content (AvgIpc) is 3.27. The molecule has 1 saturated carbocycles. The maximum absolute atomic E-state index is 5.29. The number of nitrogens with zero attached hydrogens (tertiary/aromatic N) is 2. The minimum absolute atomic E-state index is 0.550. The van der Waals surface area contributed by atoms with E-state index in [-0.39, 0.29) is 0 Å². The third-order valence-electron chi connectivity index (χ3n) is 4.54. The third-order valence-corrected chi connectivity index (χ3v) is 4.54. The van der Waals surface area contributed by atoms with E-state index in [1.807, 2.05) is 0 Å². The number of hydrogen-bond donors (Lipinski definition) is 1. The lowest BCUT2D eigenvalue weighted by Crippen LogP contribution is -2.35. The van der Waals surface area contributed by atoms with E-state index >= 15 is 0 Å². The van der Waals surface area contributed by atoms with Crippen LogP contribution in [0.1, 0.15) is 48.0 Å². The molecule has 0 amide bonds. The molecule has 2 aliphatic rings. The highest BCUT2D eigenvalue weighted by molar-refractivity contribution is 5.30. The van der Waals surface area contributed by atoms with Crippen molar-refractivity contribution in [2.75, 3.05) is 6.54 Å². The second-order valence-corrected chi connectivity index (χ2v) is 6.24. The zero-order valence-corrected chi connectivity index (χ0v) is 12.2. The quantitative estimate of drug-likeness (QED) is 0.916. The summed E-state index contributed by atoms with van der Waals surface area (Å²) in [7, 11) is 0. The molecule has 0 radical (unpaired) electrons. The van der Waals surface area contributed by atoms with Crippen LogP contribution in [0.25, 0.3) is 0 Å². The highest BCUT2D eigenvalue weighted by Gasteiger charge is 2.29.